The molecule has 1 atom stereocenters. The van der Waals surface area contributed by atoms with Crippen molar-refractivity contribution in [1.82, 2.24) is 0 Å². The molecule has 0 radical (unpaired) electrons. The van der Waals surface area contributed by atoms with E-state index >= 15 is 0 Å². The first-order valence-corrected chi connectivity index (χ1v) is 8.26. The molecule has 0 fully saturated rings. The largest absolute Gasteiger partial charge is 0.497 e. The molecule has 0 aliphatic carbocycles. The lowest BCUT2D eigenvalue weighted by Gasteiger charge is -2.14. The van der Waals surface area contributed by atoms with Crippen molar-refractivity contribution < 1.29 is 23.2 Å². The highest BCUT2D eigenvalue weighted by atomic mass is 32.2. The van der Waals surface area contributed by atoms with Crippen molar-refractivity contribution in [3.63, 3.8) is 0 Å². The molecule has 0 bridgehead atoms. The van der Waals surface area contributed by atoms with Crippen molar-refractivity contribution in [3.8, 4) is 23.0 Å². The predicted octanol–water partition coefficient (Wildman–Crippen LogP) is 3.03. The minimum atomic E-state index is -1.18. The highest BCUT2D eigenvalue weighted by Gasteiger charge is 2.15. The Kier molecular flexibility index (Phi) is 5.87. The van der Waals surface area contributed by atoms with Crippen LogP contribution in [-0.2, 0) is 16.6 Å². The second kappa shape index (κ2) is 7.87. The van der Waals surface area contributed by atoms with Crippen LogP contribution in [0.1, 0.15) is 5.56 Å². The van der Waals surface area contributed by atoms with E-state index in [9.17, 15) is 4.21 Å². The van der Waals surface area contributed by atoms with Crippen molar-refractivity contribution >= 4 is 10.8 Å². The first kappa shape index (κ1) is 17.1. The van der Waals surface area contributed by atoms with Gasteiger partial charge in [0, 0.05) is 4.90 Å². The Morgan fingerprint density at radius 3 is 1.83 bits per heavy atom. The van der Waals surface area contributed by atoms with Crippen molar-refractivity contribution in [2.75, 3.05) is 28.4 Å². The number of methoxy groups -OCH3 is 4. The van der Waals surface area contributed by atoms with Gasteiger partial charge in [0.25, 0.3) is 0 Å². The smallest absolute Gasteiger partial charge is 0.203 e. The van der Waals surface area contributed by atoms with Gasteiger partial charge in [0.05, 0.1) is 45.0 Å². The minimum absolute atomic E-state index is 0.350. The van der Waals surface area contributed by atoms with Crippen LogP contribution in [0.2, 0.25) is 0 Å². The summed E-state index contributed by atoms with van der Waals surface area (Å²) in [7, 11) is 5.08. The van der Waals surface area contributed by atoms with Crippen molar-refractivity contribution in [1.29, 1.82) is 0 Å². The van der Waals surface area contributed by atoms with Crippen LogP contribution in [0.15, 0.2) is 41.3 Å². The number of ether oxygens (including phenoxy) is 4. The summed E-state index contributed by atoms with van der Waals surface area (Å²) in [6, 6.07) is 10.8. The standard InChI is InChI=1S/C17H20O5S/c1-19-13-5-7-14(8-6-13)23(18)11-12-9-15(20-2)17(22-4)16(10-12)21-3/h5-10H,11H2,1-4H3. The SMILES string of the molecule is COc1ccc(S(=O)Cc2cc(OC)c(OC)c(OC)c2)cc1. The second-order valence-corrected chi connectivity index (χ2v) is 6.15. The Morgan fingerprint density at radius 1 is 0.826 bits per heavy atom. The lowest BCUT2D eigenvalue weighted by molar-refractivity contribution is 0.324. The Hall–Kier alpha value is -2.21. The molecule has 0 aliphatic rings. The molecule has 2 rings (SSSR count). The molecule has 0 N–H and O–H groups in total. The Balaban J connectivity index is 2.26. The molecule has 0 saturated heterocycles. The van der Waals surface area contributed by atoms with E-state index in [1.165, 1.54) is 0 Å². The Labute approximate surface area is 138 Å². The minimum Gasteiger partial charge on any atom is -0.497 e. The van der Waals surface area contributed by atoms with Gasteiger partial charge in [0.1, 0.15) is 5.75 Å². The molecule has 0 amide bonds. The van der Waals surface area contributed by atoms with E-state index in [1.807, 2.05) is 12.1 Å². The maximum Gasteiger partial charge on any atom is 0.203 e. The lowest BCUT2D eigenvalue weighted by Crippen LogP contribution is -2.00. The summed E-state index contributed by atoms with van der Waals surface area (Å²) in [4.78, 5) is 0.736. The summed E-state index contributed by atoms with van der Waals surface area (Å²) in [5, 5.41) is 0. The van der Waals surface area contributed by atoms with Crippen LogP contribution in [0.25, 0.3) is 0 Å². The molecule has 6 heteroatoms. The Bertz CT molecular complexity index is 657. The zero-order chi connectivity index (χ0) is 16.8. The predicted molar refractivity (Wildman–Crippen MR) is 89.2 cm³/mol. The van der Waals surface area contributed by atoms with Gasteiger partial charge >= 0.3 is 0 Å². The fourth-order valence-electron chi connectivity index (χ4n) is 2.18. The maximum atomic E-state index is 12.5. The molecular formula is C17H20O5S. The van der Waals surface area contributed by atoms with Gasteiger partial charge < -0.3 is 18.9 Å². The molecule has 0 aliphatic heterocycles. The van der Waals surface area contributed by atoms with Crippen LogP contribution in [-0.4, -0.2) is 32.6 Å². The van der Waals surface area contributed by atoms with Gasteiger partial charge in [0.2, 0.25) is 5.75 Å². The van der Waals surface area contributed by atoms with Crippen molar-refractivity contribution in [3.05, 3.63) is 42.0 Å². The normalized spacial score (nSPS) is 11.7. The van der Waals surface area contributed by atoms with E-state index in [0.29, 0.717) is 23.0 Å². The quantitative estimate of drug-likeness (QED) is 0.778. The van der Waals surface area contributed by atoms with Crippen molar-refractivity contribution in [2.45, 2.75) is 10.6 Å². The molecule has 0 saturated carbocycles. The lowest BCUT2D eigenvalue weighted by atomic mass is 10.2. The van der Waals surface area contributed by atoms with Crippen LogP contribution in [0.5, 0.6) is 23.0 Å². The fourth-order valence-corrected chi connectivity index (χ4v) is 3.26. The molecule has 5 nitrogen and oxygen atoms in total. The molecule has 124 valence electrons. The molecule has 0 aromatic heterocycles. The molecule has 23 heavy (non-hydrogen) atoms. The van der Waals surface area contributed by atoms with Gasteiger partial charge in [-0.3, -0.25) is 4.21 Å². The topological polar surface area (TPSA) is 54.0 Å². The van der Waals surface area contributed by atoms with Gasteiger partial charge in [-0.05, 0) is 42.0 Å². The molecule has 1 unspecified atom stereocenters. The summed E-state index contributed by atoms with van der Waals surface area (Å²) < 4.78 is 33.6. The summed E-state index contributed by atoms with van der Waals surface area (Å²) >= 11 is 0. The number of hydrogen-bond acceptors (Lipinski definition) is 5. The first-order chi connectivity index (χ1) is 11.1. The highest BCUT2D eigenvalue weighted by Crippen LogP contribution is 2.38. The summed E-state index contributed by atoms with van der Waals surface area (Å²) in [6.45, 7) is 0. The highest BCUT2D eigenvalue weighted by molar-refractivity contribution is 7.84. The van der Waals surface area contributed by atoms with E-state index in [2.05, 4.69) is 0 Å². The fraction of sp³-hybridized carbons (Fsp3) is 0.294. The van der Waals surface area contributed by atoms with E-state index in [-0.39, 0.29) is 0 Å². The molecule has 0 spiro atoms. The van der Waals surface area contributed by atoms with Crippen LogP contribution in [0.3, 0.4) is 0 Å². The molecule has 2 aromatic carbocycles. The third-order valence-electron chi connectivity index (χ3n) is 3.34. The van der Waals surface area contributed by atoms with Crippen LogP contribution in [0.4, 0.5) is 0 Å². The van der Waals surface area contributed by atoms with E-state index in [0.717, 1.165) is 16.2 Å². The average Bonchev–Trinajstić information content (AvgIpc) is 2.60. The monoisotopic (exact) mass is 336 g/mol. The van der Waals surface area contributed by atoms with Crippen LogP contribution >= 0.6 is 0 Å². The zero-order valence-electron chi connectivity index (χ0n) is 13.6. The average molecular weight is 336 g/mol. The van der Waals surface area contributed by atoms with Gasteiger partial charge in [0.15, 0.2) is 11.5 Å². The Morgan fingerprint density at radius 2 is 1.39 bits per heavy atom. The van der Waals surface area contributed by atoms with E-state index < -0.39 is 10.8 Å². The number of benzene rings is 2. The van der Waals surface area contributed by atoms with Gasteiger partial charge in [-0.1, -0.05) is 0 Å². The van der Waals surface area contributed by atoms with Gasteiger partial charge in [-0.2, -0.15) is 0 Å². The third-order valence-corrected chi connectivity index (χ3v) is 4.74. The van der Waals surface area contributed by atoms with Gasteiger partial charge in [-0.15, -0.1) is 0 Å². The van der Waals surface area contributed by atoms with Crippen molar-refractivity contribution in [2.24, 2.45) is 0 Å². The summed E-state index contributed by atoms with van der Waals surface area (Å²) in [5.41, 5.74) is 0.841. The molecular weight excluding hydrogens is 316 g/mol. The van der Waals surface area contributed by atoms with E-state index in [1.54, 1.807) is 52.7 Å². The maximum absolute atomic E-state index is 12.5. The first-order valence-electron chi connectivity index (χ1n) is 6.94. The van der Waals surface area contributed by atoms with E-state index in [4.69, 9.17) is 18.9 Å². The second-order valence-electron chi connectivity index (χ2n) is 4.70. The third kappa shape index (κ3) is 3.96. The van der Waals surface area contributed by atoms with Crippen LogP contribution in [0, 0.1) is 0 Å². The zero-order valence-corrected chi connectivity index (χ0v) is 14.4. The molecule has 0 heterocycles. The number of hydrogen-bond donors (Lipinski definition) is 0. The number of rotatable bonds is 7. The van der Waals surface area contributed by atoms with Gasteiger partial charge in [-0.25, -0.2) is 0 Å². The van der Waals surface area contributed by atoms with Crippen LogP contribution < -0.4 is 18.9 Å². The molecule has 2 aromatic rings. The summed E-state index contributed by atoms with van der Waals surface area (Å²) in [6.07, 6.45) is 0. The summed E-state index contributed by atoms with van der Waals surface area (Å²) in [5.74, 6) is 2.71.